The second kappa shape index (κ2) is 29.2. The van der Waals surface area contributed by atoms with Crippen LogP contribution in [0.5, 0.6) is 0 Å². The van der Waals surface area contributed by atoms with Gasteiger partial charge in [0.05, 0.1) is 0 Å². The van der Waals surface area contributed by atoms with Crippen LogP contribution in [0.4, 0.5) is 0 Å². The van der Waals surface area contributed by atoms with E-state index in [1.165, 1.54) is 66.8 Å². The van der Waals surface area contributed by atoms with Crippen LogP contribution in [0.2, 0.25) is 0 Å². The lowest BCUT2D eigenvalue weighted by Gasteiger charge is -2.28. The van der Waals surface area contributed by atoms with E-state index in [9.17, 15) is 4.79 Å². The van der Waals surface area contributed by atoms with Gasteiger partial charge in [0.15, 0.2) is 5.78 Å². The molecule has 0 heterocycles. The maximum absolute atomic E-state index is 14.1. The lowest BCUT2D eigenvalue weighted by molar-refractivity contribution is -0.108. The molecule has 14 rings (SSSR count). The summed E-state index contributed by atoms with van der Waals surface area (Å²) in [6.07, 6.45) is 0. The number of halogens is 4. The standard InChI is InChI=1S/C42H28Br2.C29H18Br2O.C14H10.H2/c43-35-25-21-33(22-26-35)41-37(29-13-5-1-6-14-29)38(30-15-7-2-8-16-30)42(34-23-27-36(44)28-24-34)40(32-19-11-4-12-20-32)39(41)31-17-9-3-10-18-31;30-23-15-11-21(12-16-23)27-25(19-7-3-1-4-8-19)26(20-9-5-2-6-10-20)28(29(27)32)22-13-17-24(31)18-14-22;1-3-7-13(8-4-1)11-12-14-9-5-2-6-10-14;/h1-28H;1-18H;1-10H;1H. The van der Waals surface area contributed by atoms with E-state index in [2.05, 4.69) is 270 Å². The average Bonchev–Trinajstić information content (AvgIpc) is 1.02. The van der Waals surface area contributed by atoms with Gasteiger partial charge in [-0.3, -0.25) is 4.79 Å². The van der Waals surface area contributed by atoms with E-state index in [1.54, 1.807) is 0 Å². The summed E-state index contributed by atoms with van der Waals surface area (Å²) < 4.78 is 4.08. The molecule has 5 heteroatoms. The third-order valence-electron chi connectivity index (χ3n) is 15.5. The largest absolute Gasteiger partial charge is 0.289 e. The van der Waals surface area contributed by atoms with Crippen molar-refractivity contribution in [2.45, 2.75) is 0 Å². The van der Waals surface area contributed by atoms with Gasteiger partial charge in [-0.25, -0.2) is 0 Å². The van der Waals surface area contributed by atoms with Crippen molar-refractivity contribution in [1.82, 2.24) is 0 Å². The number of carbonyl (C=O) groups is 1. The molecule has 432 valence electrons. The Morgan fingerprint density at radius 2 is 0.356 bits per heavy atom. The number of ketones is 1. The first kappa shape index (κ1) is 60.8. The maximum atomic E-state index is 14.1. The van der Waals surface area contributed by atoms with Gasteiger partial charge in [-0.15, -0.1) is 0 Å². The summed E-state index contributed by atoms with van der Waals surface area (Å²) in [5, 5.41) is 0. The molecule has 1 aliphatic rings. The van der Waals surface area contributed by atoms with Crippen molar-refractivity contribution in [3.8, 4) is 78.6 Å². The van der Waals surface area contributed by atoms with Gasteiger partial charge in [0.2, 0.25) is 0 Å². The first-order valence-corrected chi connectivity index (χ1v) is 32.7. The Bertz CT molecular complexity index is 4300. The highest BCUT2D eigenvalue weighted by Gasteiger charge is 2.36. The van der Waals surface area contributed by atoms with Gasteiger partial charge in [-0.1, -0.05) is 342 Å². The minimum absolute atomic E-state index is 0. The molecule has 0 amide bonds. The van der Waals surface area contributed by atoms with Crippen molar-refractivity contribution in [3.63, 3.8) is 0 Å². The predicted octanol–water partition coefficient (Wildman–Crippen LogP) is 24.9. The molecule has 13 aromatic rings. The van der Waals surface area contributed by atoms with Crippen molar-refractivity contribution in [2.75, 3.05) is 0 Å². The topological polar surface area (TPSA) is 17.1 Å². The molecule has 0 fully saturated rings. The summed E-state index contributed by atoms with van der Waals surface area (Å²) in [5.41, 5.74) is 23.8. The lowest BCUT2D eigenvalue weighted by Crippen LogP contribution is -2.02. The van der Waals surface area contributed by atoms with Crippen molar-refractivity contribution < 1.29 is 6.22 Å². The molecule has 0 saturated carbocycles. The summed E-state index contributed by atoms with van der Waals surface area (Å²) in [6.45, 7) is 0. The molecule has 1 nitrogen and oxygen atoms in total. The van der Waals surface area contributed by atoms with Crippen molar-refractivity contribution >= 4 is 91.8 Å². The minimum atomic E-state index is 0. The van der Waals surface area contributed by atoms with Crippen LogP contribution < -0.4 is 0 Å². The fraction of sp³-hybridized carbons (Fsp3) is 0. The maximum Gasteiger partial charge on any atom is 0.195 e. The summed E-state index contributed by atoms with van der Waals surface area (Å²) in [5.74, 6) is 6.27. The number of hydrogen-bond donors (Lipinski definition) is 0. The summed E-state index contributed by atoms with van der Waals surface area (Å²) >= 11 is 14.4. The van der Waals surface area contributed by atoms with Gasteiger partial charge in [-0.05, 0) is 162 Å². The Labute approximate surface area is 562 Å². The molecule has 0 radical (unpaired) electrons. The Balaban J connectivity index is 0.000000157. The van der Waals surface area contributed by atoms with Crippen LogP contribution in [-0.4, -0.2) is 5.78 Å². The van der Waals surface area contributed by atoms with Crippen LogP contribution >= 0.6 is 63.7 Å². The zero-order valence-corrected chi connectivity index (χ0v) is 55.1. The third kappa shape index (κ3) is 14.0. The number of allylic oxidation sites excluding steroid dienone is 4. The van der Waals surface area contributed by atoms with Gasteiger partial charge in [0, 0.05) is 52.7 Å². The normalized spacial score (nSPS) is 11.6. The number of benzene rings is 13. The highest BCUT2D eigenvalue weighted by atomic mass is 79.9. The molecule has 0 aliphatic heterocycles. The van der Waals surface area contributed by atoms with E-state index in [4.69, 9.17) is 0 Å². The average molecular weight is 1420 g/mol. The molecular formula is C85H58Br4O. The van der Waals surface area contributed by atoms with Gasteiger partial charge in [-0.2, -0.15) is 0 Å². The first-order valence-electron chi connectivity index (χ1n) is 29.5. The van der Waals surface area contributed by atoms with E-state index >= 15 is 0 Å². The molecule has 0 spiro atoms. The van der Waals surface area contributed by atoms with E-state index < -0.39 is 0 Å². The highest BCUT2D eigenvalue weighted by Crippen LogP contribution is 2.56. The molecule has 90 heavy (non-hydrogen) atoms. The second-order valence-corrected chi connectivity index (χ2v) is 24.9. The Hall–Kier alpha value is -9.51. The molecule has 0 unspecified atom stereocenters. The number of hydrogen-bond acceptors (Lipinski definition) is 1. The minimum Gasteiger partial charge on any atom is -0.289 e. The smallest absolute Gasteiger partial charge is 0.195 e. The van der Waals surface area contributed by atoms with Crippen LogP contribution in [0.25, 0.3) is 89.1 Å². The molecule has 1 aliphatic carbocycles. The number of rotatable bonds is 10. The van der Waals surface area contributed by atoms with E-state index in [1.807, 2.05) is 146 Å². The number of Topliss-reactive ketones (excluding diaryl/α,β-unsaturated/α-hetero) is 1. The molecule has 13 aromatic carbocycles. The highest BCUT2D eigenvalue weighted by molar-refractivity contribution is 9.11. The number of carbonyl (C=O) groups excluding carboxylic acids is 1. The van der Waals surface area contributed by atoms with Crippen molar-refractivity contribution in [2.24, 2.45) is 0 Å². The van der Waals surface area contributed by atoms with Crippen molar-refractivity contribution in [3.05, 3.63) is 391 Å². The van der Waals surface area contributed by atoms with Gasteiger partial charge in [0.1, 0.15) is 0 Å². The zero-order valence-electron chi connectivity index (χ0n) is 48.8. The molecule has 0 atom stereocenters. The zero-order chi connectivity index (χ0) is 61.6. The van der Waals surface area contributed by atoms with Crippen LogP contribution in [-0.2, 0) is 4.79 Å². The van der Waals surface area contributed by atoms with E-state index in [0.717, 1.165) is 73.6 Å². The molecule has 0 saturated heterocycles. The SMILES string of the molecule is Brc1ccc(-c2c(-c3ccccc3)c(-c3ccccc3)c(-c3ccc(Br)cc3)c(-c3ccccc3)c2-c2ccccc2)cc1.C(#Cc1ccccc1)c1ccccc1.O=C1C(c2ccc(Br)cc2)=C(c2ccccc2)C(c2ccccc2)=C1c1ccc(Br)cc1.[HH]. The Kier molecular flexibility index (Phi) is 19.7. The van der Waals surface area contributed by atoms with Crippen LogP contribution in [0.3, 0.4) is 0 Å². The Morgan fingerprint density at radius 1 is 0.189 bits per heavy atom. The first-order chi connectivity index (χ1) is 44.3. The Morgan fingerprint density at radius 3 is 0.578 bits per heavy atom. The van der Waals surface area contributed by atoms with Crippen LogP contribution in [0.1, 0.15) is 34.8 Å². The molecule has 0 bridgehead atoms. The summed E-state index contributed by atoms with van der Waals surface area (Å²) in [6, 6.07) is 117. The molecular weight excluding hydrogens is 1360 g/mol. The quantitative estimate of drug-likeness (QED) is 0.125. The van der Waals surface area contributed by atoms with Crippen LogP contribution in [0, 0.1) is 11.8 Å². The lowest BCUT2D eigenvalue weighted by atomic mass is 9.74. The van der Waals surface area contributed by atoms with E-state index in [0.29, 0.717) is 0 Å². The summed E-state index contributed by atoms with van der Waals surface area (Å²) in [7, 11) is 0. The van der Waals surface area contributed by atoms with Crippen molar-refractivity contribution in [1.29, 1.82) is 0 Å². The second-order valence-electron chi connectivity index (χ2n) is 21.3. The third-order valence-corrected chi connectivity index (χ3v) is 17.6. The molecule has 0 N–H and O–H groups in total. The van der Waals surface area contributed by atoms with Gasteiger partial charge in [0.25, 0.3) is 0 Å². The fourth-order valence-electron chi connectivity index (χ4n) is 11.5. The van der Waals surface area contributed by atoms with Gasteiger partial charge < -0.3 is 0 Å². The fourth-order valence-corrected chi connectivity index (χ4v) is 12.6. The van der Waals surface area contributed by atoms with Crippen LogP contribution in [0.15, 0.2) is 358 Å². The summed E-state index contributed by atoms with van der Waals surface area (Å²) in [4.78, 5) is 14.1. The monoisotopic (exact) mass is 1410 g/mol. The van der Waals surface area contributed by atoms with E-state index in [-0.39, 0.29) is 7.21 Å². The molecule has 0 aromatic heterocycles. The van der Waals surface area contributed by atoms with Gasteiger partial charge >= 0.3 is 0 Å². The predicted molar refractivity (Wildman–Crippen MR) is 395 cm³/mol.